The number of esters is 3. The van der Waals surface area contributed by atoms with E-state index >= 15 is 0 Å². The Morgan fingerprint density at radius 2 is 1.65 bits per heavy atom. The molecular formula is C16H18ClNO7S. The maximum atomic E-state index is 11.5. The van der Waals surface area contributed by atoms with E-state index in [2.05, 4.69) is 4.98 Å². The molecule has 26 heavy (non-hydrogen) atoms. The van der Waals surface area contributed by atoms with Crippen LogP contribution >= 0.6 is 23.4 Å². The van der Waals surface area contributed by atoms with Gasteiger partial charge in [0.25, 0.3) is 0 Å². The zero-order valence-corrected chi connectivity index (χ0v) is 15.9. The first-order chi connectivity index (χ1) is 12.3. The van der Waals surface area contributed by atoms with Crippen LogP contribution in [0.3, 0.4) is 0 Å². The Kier molecular flexibility index (Phi) is 7.10. The smallest absolute Gasteiger partial charge is 0.303 e. The number of nitrogens with zero attached hydrogens (tertiary/aromatic N) is 1. The molecule has 1 aromatic rings. The molecule has 0 amide bonds. The minimum atomic E-state index is -0.994. The van der Waals surface area contributed by atoms with Crippen molar-refractivity contribution >= 4 is 41.3 Å². The van der Waals surface area contributed by atoms with Gasteiger partial charge in [-0.15, -0.1) is 11.8 Å². The number of rotatable bonds is 5. The third-order valence-corrected chi connectivity index (χ3v) is 4.69. The highest BCUT2D eigenvalue weighted by molar-refractivity contribution is 7.99. The summed E-state index contributed by atoms with van der Waals surface area (Å²) in [5, 5.41) is 0.304. The van der Waals surface area contributed by atoms with E-state index in [9.17, 15) is 14.4 Å². The van der Waals surface area contributed by atoms with Gasteiger partial charge in [0.15, 0.2) is 23.7 Å². The van der Waals surface area contributed by atoms with Crippen LogP contribution in [0.15, 0.2) is 18.3 Å². The van der Waals surface area contributed by atoms with Crippen molar-refractivity contribution in [2.45, 2.75) is 44.5 Å². The average molecular weight is 404 g/mol. The number of hydrogen-bond donors (Lipinski definition) is 0. The molecule has 8 nitrogen and oxygen atoms in total. The number of hydrogen-bond acceptors (Lipinski definition) is 9. The van der Waals surface area contributed by atoms with Gasteiger partial charge < -0.3 is 18.9 Å². The zero-order chi connectivity index (χ0) is 19.3. The second-order valence-corrected chi connectivity index (χ2v) is 6.95. The van der Waals surface area contributed by atoms with Gasteiger partial charge in [-0.05, 0) is 12.1 Å². The first-order valence-corrected chi connectivity index (χ1v) is 9.10. The predicted molar refractivity (Wildman–Crippen MR) is 92.8 cm³/mol. The van der Waals surface area contributed by atoms with Crippen LogP contribution in [0.4, 0.5) is 0 Å². The Morgan fingerprint density at radius 3 is 2.19 bits per heavy atom. The molecule has 0 aromatic carbocycles. The fourth-order valence-corrected chi connectivity index (χ4v) is 3.70. The SMILES string of the molecule is CC(=O)O[C@@H]1[C@@H](OC(C)=O)[C@H](OC(C)=O)CS[C@H]1Oc1ccc(Cl)nc1. The summed E-state index contributed by atoms with van der Waals surface area (Å²) < 4.78 is 21.6. The Bertz CT molecular complexity index is 669. The first-order valence-electron chi connectivity index (χ1n) is 7.67. The molecule has 2 rings (SSSR count). The van der Waals surface area contributed by atoms with Gasteiger partial charge in [-0.25, -0.2) is 4.98 Å². The summed E-state index contributed by atoms with van der Waals surface area (Å²) in [6.07, 6.45) is -1.32. The van der Waals surface area contributed by atoms with Gasteiger partial charge in [0.2, 0.25) is 0 Å². The number of thioether (sulfide) groups is 1. The molecule has 0 bridgehead atoms. The molecule has 1 aromatic heterocycles. The van der Waals surface area contributed by atoms with Gasteiger partial charge in [-0.2, -0.15) is 0 Å². The molecule has 1 fully saturated rings. The van der Waals surface area contributed by atoms with E-state index in [1.54, 1.807) is 12.1 Å². The van der Waals surface area contributed by atoms with Gasteiger partial charge in [0.1, 0.15) is 10.9 Å². The van der Waals surface area contributed by atoms with E-state index < -0.39 is 41.7 Å². The van der Waals surface area contributed by atoms with Crippen LogP contribution in [0.25, 0.3) is 0 Å². The summed E-state index contributed by atoms with van der Waals surface area (Å²) in [5.41, 5.74) is -0.696. The van der Waals surface area contributed by atoms with Crippen LogP contribution in [-0.2, 0) is 28.6 Å². The molecule has 1 aliphatic rings. The summed E-state index contributed by atoms with van der Waals surface area (Å²) in [5.74, 6) is -1.02. The molecule has 10 heteroatoms. The summed E-state index contributed by atoms with van der Waals surface area (Å²) in [7, 11) is 0. The van der Waals surface area contributed by atoms with Crippen molar-refractivity contribution in [2.75, 3.05) is 5.75 Å². The van der Waals surface area contributed by atoms with E-state index in [0.29, 0.717) is 16.7 Å². The number of aromatic nitrogens is 1. The largest absolute Gasteiger partial charge is 0.474 e. The van der Waals surface area contributed by atoms with Crippen molar-refractivity contribution in [2.24, 2.45) is 0 Å². The molecule has 2 heterocycles. The van der Waals surface area contributed by atoms with Crippen molar-refractivity contribution < 1.29 is 33.3 Å². The van der Waals surface area contributed by atoms with Crippen molar-refractivity contribution in [3.63, 3.8) is 0 Å². The van der Waals surface area contributed by atoms with E-state index in [-0.39, 0.29) is 0 Å². The molecule has 0 spiro atoms. The molecule has 0 saturated carbocycles. The highest BCUT2D eigenvalue weighted by atomic mass is 35.5. The van der Waals surface area contributed by atoms with Gasteiger partial charge >= 0.3 is 17.9 Å². The standard InChI is InChI=1S/C16H18ClNO7S/c1-8(19)22-12-7-26-16(25-11-4-5-13(17)18-6-11)15(24-10(3)21)14(12)23-9(2)20/h4-6,12,14-16H,7H2,1-3H3/t12-,14+,15-,16-/m1/s1. The first kappa shape index (κ1) is 20.3. The lowest BCUT2D eigenvalue weighted by Gasteiger charge is -2.39. The van der Waals surface area contributed by atoms with Crippen LogP contribution in [0.5, 0.6) is 5.75 Å². The average Bonchev–Trinajstić information content (AvgIpc) is 2.53. The molecule has 0 unspecified atom stereocenters. The Hall–Kier alpha value is -2.00. The normalized spacial score (nSPS) is 25.1. The second kappa shape index (κ2) is 9.09. The second-order valence-electron chi connectivity index (χ2n) is 5.43. The Labute approximate surface area is 159 Å². The number of carbonyl (C=O) groups is 3. The van der Waals surface area contributed by atoms with Crippen LogP contribution in [0, 0.1) is 0 Å². The lowest BCUT2D eigenvalue weighted by molar-refractivity contribution is -0.186. The van der Waals surface area contributed by atoms with Gasteiger partial charge in [-0.1, -0.05) is 11.6 Å². The van der Waals surface area contributed by atoms with Crippen molar-refractivity contribution in [1.29, 1.82) is 0 Å². The lowest BCUT2D eigenvalue weighted by atomic mass is 10.1. The number of halogens is 1. The monoisotopic (exact) mass is 403 g/mol. The predicted octanol–water partition coefficient (Wildman–Crippen LogP) is 1.98. The molecule has 0 radical (unpaired) electrons. The molecule has 1 aliphatic heterocycles. The van der Waals surface area contributed by atoms with Crippen molar-refractivity contribution in [3.05, 3.63) is 23.5 Å². The van der Waals surface area contributed by atoms with E-state index in [4.69, 9.17) is 30.5 Å². The zero-order valence-electron chi connectivity index (χ0n) is 14.3. The third-order valence-electron chi connectivity index (χ3n) is 3.26. The van der Waals surface area contributed by atoms with E-state index in [1.165, 1.54) is 38.7 Å². The quantitative estimate of drug-likeness (QED) is 0.415. The highest BCUT2D eigenvalue weighted by Crippen LogP contribution is 2.34. The van der Waals surface area contributed by atoms with E-state index in [0.717, 1.165) is 0 Å². The Morgan fingerprint density at radius 1 is 1.04 bits per heavy atom. The minimum Gasteiger partial charge on any atom is -0.474 e. The summed E-state index contributed by atoms with van der Waals surface area (Å²) in [6, 6.07) is 3.16. The van der Waals surface area contributed by atoms with Crippen LogP contribution in [-0.4, -0.2) is 52.4 Å². The fraction of sp³-hybridized carbons (Fsp3) is 0.500. The molecule has 0 aliphatic carbocycles. The summed E-state index contributed by atoms with van der Waals surface area (Å²) >= 11 is 7.02. The number of carbonyl (C=O) groups excluding carboxylic acids is 3. The maximum absolute atomic E-state index is 11.5. The summed E-state index contributed by atoms with van der Waals surface area (Å²) in [4.78, 5) is 38.3. The number of pyridine rings is 1. The third kappa shape index (κ3) is 5.77. The highest BCUT2D eigenvalue weighted by Gasteiger charge is 2.47. The maximum Gasteiger partial charge on any atom is 0.303 e. The molecule has 0 N–H and O–H groups in total. The molecule has 4 atom stereocenters. The topological polar surface area (TPSA) is 101 Å². The Balaban J connectivity index is 2.25. The van der Waals surface area contributed by atoms with Crippen LogP contribution in [0.1, 0.15) is 20.8 Å². The molecular weight excluding hydrogens is 386 g/mol. The van der Waals surface area contributed by atoms with Gasteiger partial charge in [0, 0.05) is 26.5 Å². The minimum absolute atomic E-state index is 0.293. The van der Waals surface area contributed by atoms with Gasteiger partial charge in [-0.3, -0.25) is 14.4 Å². The molecule has 1 saturated heterocycles. The summed E-state index contributed by atoms with van der Waals surface area (Å²) in [6.45, 7) is 3.69. The van der Waals surface area contributed by atoms with Crippen molar-refractivity contribution in [3.8, 4) is 5.75 Å². The number of ether oxygens (including phenoxy) is 4. The van der Waals surface area contributed by atoms with Gasteiger partial charge in [0.05, 0.1) is 6.20 Å². The van der Waals surface area contributed by atoms with Crippen LogP contribution in [0.2, 0.25) is 5.15 Å². The fourth-order valence-electron chi connectivity index (χ4n) is 2.38. The van der Waals surface area contributed by atoms with Crippen molar-refractivity contribution in [1.82, 2.24) is 4.98 Å². The molecule has 142 valence electrons. The lowest BCUT2D eigenvalue weighted by Crippen LogP contribution is -2.55. The van der Waals surface area contributed by atoms with Crippen LogP contribution < -0.4 is 4.74 Å². The van der Waals surface area contributed by atoms with E-state index in [1.807, 2.05) is 0 Å².